The van der Waals surface area contributed by atoms with E-state index in [1.807, 2.05) is 0 Å². The van der Waals surface area contributed by atoms with E-state index in [1.165, 1.54) is 70.9 Å². The predicted molar refractivity (Wildman–Crippen MR) is 114 cm³/mol. The van der Waals surface area contributed by atoms with Crippen LogP contribution in [-0.2, 0) is 9.53 Å². The maximum atomic E-state index is 11.9. The Bertz CT molecular complexity index is 402. The van der Waals surface area contributed by atoms with Crippen LogP contribution in [0.4, 0.5) is 0 Å². The molecule has 2 nitrogen and oxygen atoms in total. The second-order valence-electron chi connectivity index (χ2n) is 7.35. The summed E-state index contributed by atoms with van der Waals surface area (Å²) in [5.74, 6) is -0.207. The predicted octanol–water partition coefficient (Wildman–Crippen LogP) is 7.22. The van der Waals surface area contributed by atoms with Gasteiger partial charge in [-0.2, -0.15) is 0 Å². The minimum absolute atomic E-state index is 0.207. The van der Waals surface area contributed by atoms with E-state index < -0.39 is 18.4 Å². The van der Waals surface area contributed by atoms with E-state index >= 15 is 0 Å². The summed E-state index contributed by atoms with van der Waals surface area (Å²) in [4.78, 5) is 11.9. The molecule has 0 amide bonds. The first-order valence-electron chi connectivity index (χ1n) is 10.5. The van der Waals surface area contributed by atoms with Crippen LogP contribution >= 0.6 is 0 Å². The fourth-order valence-electron chi connectivity index (χ4n) is 3.72. The topological polar surface area (TPSA) is 26.3 Å². The zero-order valence-electron chi connectivity index (χ0n) is 17.7. The molecular formula is C22H42O2Sn. The molecule has 0 unspecified atom stereocenters. The van der Waals surface area contributed by atoms with Gasteiger partial charge >= 0.3 is 162 Å². The van der Waals surface area contributed by atoms with Crippen molar-refractivity contribution in [3.63, 3.8) is 0 Å². The summed E-state index contributed by atoms with van der Waals surface area (Å²) >= 11 is -2.50. The molecule has 0 saturated heterocycles. The summed E-state index contributed by atoms with van der Waals surface area (Å²) in [6, 6.07) is 0. The number of methoxy groups -OCH3 is 1. The van der Waals surface area contributed by atoms with Gasteiger partial charge in [-0.3, -0.25) is 0 Å². The molecule has 0 bridgehead atoms. The van der Waals surface area contributed by atoms with Gasteiger partial charge in [0, 0.05) is 0 Å². The molecule has 0 aromatic carbocycles. The Morgan fingerprint density at radius 2 is 1.36 bits per heavy atom. The van der Waals surface area contributed by atoms with Crippen molar-refractivity contribution >= 4 is 24.3 Å². The average molecular weight is 457 g/mol. The summed E-state index contributed by atoms with van der Waals surface area (Å²) in [6.07, 6.45) is 14.4. The molecule has 0 spiro atoms. The van der Waals surface area contributed by atoms with Crippen molar-refractivity contribution < 1.29 is 9.53 Å². The van der Waals surface area contributed by atoms with E-state index in [0.717, 1.165) is 6.42 Å². The van der Waals surface area contributed by atoms with Gasteiger partial charge in [0.05, 0.1) is 0 Å². The van der Waals surface area contributed by atoms with Gasteiger partial charge in [0.2, 0.25) is 0 Å². The molecular weight excluding hydrogens is 415 g/mol. The monoisotopic (exact) mass is 458 g/mol. The van der Waals surface area contributed by atoms with Crippen molar-refractivity contribution in [2.45, 2.75) is 99.3 Å². The van der Waals surface area contributed by atoms with Crippen molar-refractivity contribution in [2.75, 3.05) is 7.11 Å². The van der Waals surface area contributed by atoms with Gasteiger partial charge in [-0.15, -0.1) is 0 Å². The molecule has 0 radical (unpaired) electrons. The number of carbonyl (C=O) groups excluding carboxylic acids is 1. The van der Waals surface area contributed by atoms with Crippen LogP contribution in [0, 0.1) is 0 Å². The summed E-state index contributed by atoms with van der Waals surface area (Å²) < 4.78 is 10.8. The first kappa shape index (κ1) is 24.7. The zero-order valence-corrected chi connectivity index (χ0v) is 20.6. The zero-order chi connectivity index (χ0) is 19.1. The minimum atomic E-state index is -2.50. The summed E-state index contributed by atoms with van der Waals surface area (Å²) in [5.41, 5.74) is 1.19. The van der Waals surface area contributed by atoms with E-state index in [-0.39, 0.29) is 5.97 Å². The standard InChI is InChI=1S/C10H15O2.3C4H9.Sn/c1-4-5-6-7-9(2)8-10(11)12-3;3*1-3-4-2;/h6,8H,4-5H2,1-3H3;3*1,3-4H2,2H3;/b7-6?,9-8+;;;;. The number of carbonyl (C=O) groups is 1. The van der Waals surface area contributed by atoms with E-state index in [2.05, 4.69) is 40.7 Å². The van der Waals surface area contributed by atoms with Gasteiger partial charge in [-0.05, 0) is 0 Å². The first-order valence-corrected chi connectivity index (χ1v) is 18.0. The van der Waals surface area contributed by atoms with Gasteiger partial charge < -0.3 is 0 Å². The number of allylic oxidation sites excluding steroid dienone is 3. The van der Waals surface area contributed by atoms with Gasteiger partial charge in [0.15, 0.2) is 0 Å². The normalized spacial score (nSPS) is 13.2. The molecule has 0 heterocycles. The second kappa shape index (κ2) is 14.9. The van der Waals surface area contributed by atoms with Crippen LogP contribution in [0.1, 0.15) is 86.0 Å². The van der Waals surface area contributed by atoms with Crippen LogP contribution in [0.15, 0.2) is 21.3 Å². The Balaban J connectivity index is 5.97. The molecule has 0 aliphatic rings. The van der Waals surface area contributed by atoms with Crippen LogP contribution in [0.2, 0.25) is 13.3 Å². The molecule has 25 heavy (non-hydrogen) atoms. The van der Waals surface area contributed by atoms with Gasteiger partial charge in [0.1, 0.15) is 0 Å². The van der Waals surface area contributed by atoms with Crippen LogP contribution in [0.3, 0.4) is 0 Å². The van der Waals surface area contributed by atoms with Crippen molar-refractivity contribution in [3.05, 3.63) is 21.3 Å². The van der Waals surface area contributed by atoms with E-state index in [4.69, 9.17) is 4.74 Å². The molecule has 0 fully saturated rings. The Morgan fingerprint density at radius 3 is 1.72 bits per heavy atom. The molecule has 3 heteroatoms. The molecule has 0 rings (SSSR count). The maximum absolute atomic E-state index is 11.9. The molecule has 0 N–H and O–H groups in total. The van der Waals surface area contributed by atoms with Gasteiger partial charge in [-0.25, -0.2) is 0 Å². The molecule has 0 aromatic heterocycles. The third-order valence-corrected chi connectivity index (χ3v) is 21.4. The summed E-state index contributed by atoms with van der Waals surface area (Å²) in [5, 5.41) is 0. The molecule has 0 atom stereocenters. The third-order valence-electron chi connectivity index (χ3n) is 5.20. The van der Waals surface area contributed by atoms with Crippen molar-refractivity contribution in [1.82, 2.24) is 0 Å². The SMILES string of the molecule is CCC/C=[C](\C(C)=C\C(=O)OC)[Sn]([CH2]CCC)([CH2]CCC)[CH2]CCC. The fraction of sp³-hybridized carbons (Fsp3) is 0.773. The second-order valence-corrected chi connectivity index (χ2v) is 20.5. The van der Waals surface area contributed by atoms with Gasteiger partial charge in [0.25, 0.3) is 0 Å². The number of esters is 1. The summed E-state index contributed by atoms with van der Waals surface area (Å²) in [6.45, 7) is 11.3. The number of rotatable bonds is 14. The Labute approximate surface area is 161 Å². The van der Waals surface area contributed by atoms with Crippen molar-refractivity contribution in [3.8, 4) is 0 Å². The number of ether oxygens (including phenoxy) is 1. The fourth-order valence-corrected chi connectivity index (χ4v) is 21.2. The van der Waals surface area contributed by atoms with Crippen LogP contribution in [-0.4, -0.2) is 31.5 Å². The quantitative estimate of drug-likeness (QED) is 0.119. The molecule has 0 saturated carbocycles. The first-order chi connectivity index (χ1) is 12.0. The number of hydrogen-bond acceptors (Lipinski definition) is 2. The van der Waals surface area contributed by atoms with Crippen LogP contribution in [0.25, 0.3) is 0 Å². The number of unbranched alkanes of at least 4 members (excludes halogenated alkanes) is 4. The van der Waals surface area contributed by atoms with Crippen LogP contribution in [0.5, 0.6) is 0 Å². The van der Waals surface area contributed by atoms with E-state index in [9.17, 15) is 4.79 Å². The molecule has 0 aliphatic heterocycles. The Kier molecular flexibility index (Phi) is 14.7. The average Bonchev–Trinajstić information content (AvgIpc) is 2.62. The van der Waals surface area contributed by atoms with Crippen molar-refractivity contribution in [2.24, 2.45) is 0 Å². The van der Waals surface area contributed by atoms with E-state index in [1.54, 1.807) is 9.67 Å². The number of hydrogen-bond donors (Lipinski definition) is 0. The Hall–Kier alpha value is -0.251. The Morgan fingerprint density at radius 1 is 0.880 bits per heavy atom. The van der Waals surface area contributed by atoms with E-state index in [0.29, 0.717) is 0 Å². The van der Waals surface area contributed by atoms with Crippen LogP contribution < -0.4 is 0 Å². The third kappa shape index (κ3) is 9.30. The summed E-state index contributed by atoms with van der Waals surface area (Å²) in [7, 11) is 1.48. The molecule has 146 valence electrons. The molecule has 0 aliphatic carbocycles. The van der Waals surface area contributed by atoms with Crippen molar-refractivity contribution in [1.29, 1.82) is 0 Å². The van der Waals surface area contributed by atoms with Gasteiger partial charge in [-0.1, -0.05) is 0 Å². The molecule has 0 aromatic rings.